The minimum Gasteiger partial charge on any atom is -0.476 e. The zero-order chi connectivity index (χ0) is 17.9. The fourth-order valence-corrected chi connectivity index (χ4v) is 4.20. The lowest BCUT2D eigenvalue weighted by atomic mass is 10.3. The van der Waals surface area contributed by atoms with Gasteiger partial charge in [0.2, 0.25) is 5.88 Å². The minimum absolute atomic E-state index is 0. The molecule has 0 aliphatic heterocycles. The van der Waals surface area contributed by atoms with Gasteiger partial charge in [0.15, 0.2) is 5.13 Å². The monoisotopic (exact) mass is 406 g/mol. The lowest BCUT2D eigenvalue weighted by Gasteiger charge is -2.09. The molecule has 6 nitrogen and oxygen atoms in total. The molecule has 1 fully saturated rings. The van der Waals surface area contributed by atoms with E-state index in [1.807, 2.05) is 11.4 Å². The maximum atomic E-state index is 12.0. The molecule has 0 saturated heterocycles. The number of carbonyl (C=O) groups excluding carboxylic acids is 1. The quantitative estimate of drug-likeness (QED) is 0.573. The Hall–Kier alpha value is -1.97. The van der Waals surface area contributed by atoms with Crippen LogP contribution in [-0.2, 0) is 6.42 Å². The van der Waals surface area contributed by atoms with Crippen LogP contribution in [0.2, 0.25) is 0 Å². The van der Waals surface area contributed by atoms with Crippen LogP contribution in [0.5, 0.6) is 5.88 Å². The number of thiol groups is 1. The molecule has 0 atom stereocenters. The van der Waals surface area contributed by atoms with E-state index in [1.165, 1.54) is 29.0 Å². The van der Waals surface area contributed by atoms with E-state index in [4.69, 9.17) is 4.74 Å². The highest BCUT2D eigenvalue weighted by molar-refractivity contribution is 7.80. The molecule has 4 rings (SSSR count). The third-order valence-electron chi connectivity index (χ3n) is 3.89. The molecule has 26 heavy (non-hydrogen) atoms. The van der Waals surface area contributed by atoms with Crippen LogP contribution >= 0.6 is 35.3 Å². The predicted octanol–water partition coefficient (Wildman–Crippen LogP) is 4.28. The number of ether oxygens (including phenoxy) is 1. The van der Waals surface area contributed by atoms with Gasteiger partial charge in [0.25, 0.3) is 5.91 Å². The highest BCUT2D eigenvalue weighted by atomic mass is 32.1. The van der Waals surface area contributed by atoms with Gasteiger partial charge < -0.3 is 4.74 Å². The van der Waals surface area contributed by atoms with Gasteiger partial charge in [-0.2, -0.15) is 0 Å². The van der Waals surface area contributed by atoms with Crippen molar-refractivity contribution in [2.45, 2.75) is 30.1 Å². The number of nitrogens with zero attached hydrogens (tertiary/aromatic N) is 3. The molecular formula is C17H18N4O2S3. The van der Waals surface area contributed by atoms with Crippen molar-refractivity contribution >= 4 is 46.3 Å². The molecule has 0 spiro atoms. The first-order valence-electron chi connectivity index (χ1n) is 8.17. The van der Waals surface area contributed by atoms with E-state index >= 15 is 0 Å². The average molecular weight is 407 g/mol. The molecule has 0 aromatic carbocycles. The Bertz CT molecular complexity index is 913. The van der Waals surface area contributed by atoms with Crippen molar-refractivity contribution in [2.24, 2.45) is 0 Å². The maximum absolute atomic E-state index is 12.0. The standard InChI is InChI=1S/C17H16N4O2S3.H2/c22-15(12-2-1-7-25-12)21-17-18-8-11(26-17)5-6-23-16-14(24)13(10-3-4-10)19-9-20-16;/h1-2,7-10,24H,3-6H2,(H,18,21,22);1H. The van der Waals surface area contributed by atoms with Crippen molar-refractivity contribution in [3.63, 3.8) is 0 Å². The van der Waals surface area contributed by atoms with E-state index in [9.17, 15) is 4.79 Å². The maximum Gasteiger partial charge on any atom is 0.267 e. The smallest absolute Gasteiger partial charge is 0.267 e. The zero-order valence-corrected chi connectivity index (χ0v) is 16.2. The van der Waals surface area contributed by atoms with Crippen molar-refractivity contribution < 1.29 is 11.0 Å². The van der Waals surface area contributed by atoms with Gasteiger partial charge in [-0.3, -0.25) is 10.1 Å². The van der Waals surface area contributed by atoms with E-state index in [0.29, 0.717) is 34.8 Å². The topological polar surface area (TPSA) is 77.0 Å². The summed E-state index contributed by atoms with van der Waals surface area (Å²) in [4.78, 5) is 27.2. The molecule has 1 aliphatic rings. The summed E-state index contributed by atoms with van der Waals surface area (Å²) in [5.41, 5.74) is 0.981. The molecular weight excluding hydrogens is 388 g/mol. The number of carbonyl (C=O) groups is 1. The summed E-state index contributed by atoms with van der Waals surface area (Å²) in [6.45, 7) is 0.467. The van der Waals surface area contributed by atoms with Crippen molar-refractivity contribution in [2.75, 3.05) is 11.9 Å². The van der Waals surface area contributed by atoms with Gasteiger partial charge in [0, 0.05) is 24.8 Å². The van der Waals surface area contributed by atoms with Crippen LogP contribution in [0.4, 0.5) is 5.13 Å². The number of hydrogen-bond acceptors (Lipinski definition) is 8. The highest BCUT2D eigenvalue weighted by Crippen LogP contribution is 2.43. The molecule has 1 aliphatic carbocycles. The first-order chi connectivity index (χ1) is 12.7. The van der Waals surface area contributed by atoms with Crippen LogP contribution < -0.4 is 10.1 Å². The van der Waals surface area contributed by atoms with Crippen LogP contribution in [0.3, 0.4) is 0 Å². The molecule has 0 bridgehead atoms. The molecule has 3 aromatic heterocycles. The van der Waals surface area contributed by atoms with E-state index in [1.54, 1.807) is 12.3 Å². The van der Waals surface area contributed by atoms with Crippen LogP contribution in [-0.4, -0.2) is 27.5 Å². The molecule has 1 amide bonds. The number of nitrogens with one attached hydrogen (secondary N) is 1. The SMILES string of the molecule is O=C(Nc1ncc(CCOc2ncnc(C3CC3)c2S)s1)c1cccs1.[HH]. The first kappa shape index (κ1) is 17.4. The third kappa shape index (κ3) is 4.05. The number of amides is 1. The number of thiazole rings is 1. The Labute approximate surface area is 165 Å². The molecule has 3 aromatic rings. The molecule has 1 saturated carbocycles. The van der Waals surface area contributed by atoms with Crippen LogP contribution in [0.25, 0.3) is 0 Å². The molecule has 9 heteroatoms. The Morgan fingerprint density at radius 3 is 3.04 bits per heavy atom. The van der Waals surface area contributed by atoms with Crippen molar-refractivity contribution in [1.29, 1.82) is 0 Å². The second kappa shape index (κ2) is 7.73. The van der Waals surface area contributed by atoms with Crippen LogP contribution in [0.1, 0.15) is 40.4 Å². The number of thiophene rings is 1. The number of rotatable bonds is 7. The molecule has 3 heterocycles. The van der Waals surface area contributed by atoms with Crippen LogP contribution in [0, 0.1) is 0 Å². The first-order valence-corrected chi connectivity index (χ1v) is 10.3. The van der Waals surface area contributed by atoms with Crippen molar-refractivity contribution in [3.05, 3.63) is 45.5 Å². The van der Waals surface area contributed by atoms with E-state index in [-0.39, 0.29) is 7.33 Å². The summed E-state index contributed by atoms with van der Waals surface area (Å²) >= 11 is 7.36. The summed E-state index contributed by atoms with van der Waals surface area (Å²) in [6.07, 6.45) is 6.29. The van der Waals surface area contributed by atoms with Gasteiger partial charge in [-0.15, -0.1) is 35.3 Å². The second-order valence-electron chi connectivity index (χ2n) is 5.85. The van der Waals surface area contributed by atoms with Gasteiger partial charge in [-0.1, -0.05) is 6.07 Å². The van der Waals surface area contributed by atoms with Gasteiger partial charge in [-0.25, -0.2) is 15.0 Å². The van der Waals surface area contributed by atoms with Gasteiger partial charge in [0.05, 0.1) is 22.1 Å². The summed E-state index contributed by atoms with van der Waals surface area (Å²) in [5, 5.41) is 5.28. The second-order valence-corrected chi connectivity index (χ2v) is 8.36. The molecule has 136 valence electrons. The Kier molecular flexibility index (Phi) is 5.18. The Balaban J connectivity index is 0.00000210. The van der Waals surface area contributed by atoms with Gasteiger partial charge in [0.1, 0.15) is 6.33 Å². The van der Waals surface area contributed by atoms with E-state index in [0.717, 1.165) is 28.3 Å². The molecule has 0 radical (unpaired) electrons. The molecule has 0 unspecified atom stereocenters. The fraction of sp³-hybridized carbons (Fsp3) is 0.294. The summed E-state index contributed by atoms with van der Waals surface area (Å²) < 4.78 is 5.77. The summed E-state index contributed by atoms with van der Waals surface area (Å²) in [5.74, 6) is 0.898. The Morgan fingerprint density at radius 2 is 2.27 bits per heavy atom. The van der Waals surface area contributed by atoms with E-state index in [2.05, 4.69) is 32.9 Å². The summed E-state index contributed by atoms with van der Waals surface area (Å²) in [6, 6.07) is 3.64. The van der Waals surface area contributed by atoms with Crippen molar-refractivity contribution in [1.82, 2.24) is 15.0 Å². The minimum atomic E-state index is -0.134. The van der Waals surface area contributed by atoms with E-state index < -0.39 is 0 Å². The third-order valence-corrected chi connectivity index (χ3v) is 6.15. The highest BCUT2D eigenvalue weighted by Gasteiger charge is 2.28. The zero-order valence-electron chi connectivity index (χ0n) is 13.7. The average Bonchev–Trinajstić information content (AvgIpc) is 3.14. The number of aromatic nitrogens is 3. The Morgan fingerprint density at radius 1 is 1.38 bits per heavy atom. The lowest BCUT2D eigenvalue weighted by Crippen LogP contribution is -2.09. The number of anilines is 1. The predicted molar refractivity (Wildman–Crippen MR) is 107 cm³/mol. The number of hydrogen-bond donors (Lipinski definition) is 2. The van der Waals surface area contributed by atoms with Gasteiger partial charge >= 0.3 is 0 Å². The molecule has 1 N–H and O–H groups in total. The fourth-order valence-electron chi connectivity index (χ4n) is 2.43. The van der Waals surface area contributed by atoms with Gasteiger partial charge in [-0.05, 0) is 24.3 Å². The lowest BCUT2D eigenvalue weighted by molar-refractivity contribution is 0.103. The normalized spacial score (nSPS) is 13.6. The van der Waals surface area contributed by atoms with Crippen LogP contribution in [0.15, 0.2) is 34.9 Å². The largest absolute Gasteiger partial charge is 0.476 e. The van der Waals surface area contributed by atoms with Crippen molar-refractivity contribution in [3.8, 4) is 5.88 Å². The summed E-state index contributed by atoms with van der Waals surface area (Å²) in [7, 11) is 0.